The lowest BCUT2D eigenvalue weighted by atomic mass is 9.97. The number of ether oxygens (including phenoxy) is 1. The highest BCUT2D eigenvalue weighted by molar-refractivity contribution is 7.89. The number of carbonyl (C=O) groups excluding carboxylic acids is 2. The lowest BCUT2D eigenvalue weighted by Crippen LogP contribution is -2.41. The summed E-state index contributed by atoms with van der Waals surface area (Å²) in [6.45, 7) is 8.03. The number of hydrogen-bond donors (Lipinski definition) is 2. The van der Waals surface area contributed by atoms with Crippen molar-refractivity contribution in [2.45, 2.75) is 58.0 Å². The van der Waals surface area contributed by atoms with Crippen molar-refractivity contribution in [1.82, 2.24) is 4.31 Å². The standard InChI is InChI=1S/C25H31N3O5S/c1-5-21-25(30)27-20-13-16(3)23(14-22(20)33-21)34(31,32)28-11-9-18(10-12-28)24(29)26-19-8-6-7-15(2)17(19)4/h6-8,13-14,18,21H,5,9-12H2,1-4H3,(H,26,29)(H,27,30). The Morgan fingerprint density at radius 1 is 1.15 bits per heavy atom. The van der Waals surface area contributed by atoms with E-state index in [2.05, 4.69) is 10.6 Å². The van der Waals surface area contributed by atoms with Crippen molar-refractivity contribution in [1.29, 1.82) is 0 Å². The minimum Gasteiger partial charge on any atom is -0.478 e. The van der Waals surface area contributed by atoms with Crippen molar-refractivity contribution < 1.29 is 22.7 Å². The van der Waals surface area contributed by atoms with Crippen LogP contribution in [0.4, 0.5) is 11.4 Å². The number of carbonyl (C=O) groups is 2. The maximum Gasteiger partial charge on any atom is 0.265 e. The first-order valence-corrected chi connectivity index (χ1v) is 13.0. The van der Waals surface area contributed by atoms with Crippen molar-refractivity contribution in [2.75, 3.05) is 23.7 Å². The van der Waals surface area contributed by atoms with Gasteiger partial charge in [-0.25, -0.2) is 8.42 Å². The zero-order valence-corrected chi connectivity index (χ0v) is 20.8. The van der Waals surface area contributed by atoms with Gasteiger partial charge in [-0.2, -0.15) is 4.31 Å². The molecule has 1 atom stereocenters. The SMILES string of the molecule is CCC1Oc2cc(S(=O)(=O)N3CCC(C(=O)Nc4cccc(C)c4C)CC3)c(C)cc2NC1=O. The molecule has 2 heterocycles. The van der Waals surface area contributed by atoms with Crippen LogP contribution in [0.15, 0.2) is 35.2 Å². The van der Waals surface area contributed by atoms with E-state index in [1.807, 2.05) is 39.0 Å². The molecule has 0 radical (unpaired) electrons. The van der Waals surface area contributed by atoms with Crippen LogP contribution in [0.3, 0.4) is 0 Å². The first-order chi connectivity index (χ1) is 16.1. The Hall–Kier alpha value is -2.91. The highest BCUT2D eigenvalue weighted by Gasteiger charge is 2.35. The molecule has 1 unspecified atom stereocenters. The first-order valence-electron chi connectivity index (χ1n) is 11.6. The lowest BCUT2D eigenvalue weighted by Gasteiger charge is -2.32. The first kappa shape index (κ1) is 24.2. The third kappa shape index (κ3) is 4.54. The molecule has 2 amide bonds. The van der Waals surface area contributed by atoms with E-state index >= 15 is 0 Å². The number of benzene rings is 2. The van der Waals surface area contributed by atoms with E-state index in [9.17, 15) is 18.0 Å². The van der Waals surface area contributed by atoms with Crippen molar-refractivity contribution in [3.8, 4) is 5.75 Å². The number of amides is 2. The van der Waals surface area contributed by atoms with Gasteiger partial charge in [0.25, 0.3) is 5.91 Å². The summed E-state index contributed by atoms with van der Waals surface area (Å²) in [4.78, 5) is 25.1. The molecule has 8 nitrogen and oxygen atoms in total. The summed E-state index contributed by atoms with van der Waals surface area (Å²) >= 11 is 0. The molecule has 0 spiro atoms. The predicted octanol–water partition coefficient (Wildman–Crippen LogP) is 3.76. The van der Waals surface area contributed by atoms with Crippen molar-refractivity contribution in [2.24, 2.45) is 5.92 Å². The van der Waals surface area contributed by atoms with Gasteiger partial charge in [-0.3, -0.25) is 9.59 Å². The number of anilines is 2. The van der Waals surface area contributed by atoms with Crippen molar-refractivity contribution >= 4 is 33.2 Å². The van der Waals surface area contributed by atoms with E-state index in [4.69, 9.17) is 4.74 Å². The fraction of sp³-hybridized carbons (Fsp3) is 0.440. The van der Waals surface area contributed by atoms with Crippen LogP contribution in [0.1, 0.15) is 42.9 Å². The Morgan fingerprint density at radius 2 is 1.85 bits per heavy atom. The van der Waals surface area contributed by atoms with Gasteiger partial charge < -0.3 is 15.4 Å². The minimum absolute atomic E-state index is 0.0783. The number of nitrogens with one attached hydrogen (secondary N) is 2. The van der Waals surface area contributed by atoms with E-state index < -0.39 is 16.1 Å². The van der Waals surface area contributed by atoms with Crippen LogP contribution >= 0.6 is 0 Å². The average Bonchev–Trinajstić information content (AvgIpc) is 2.81. The van der Waals surface area contributed by atoms with E-state index in [0.717, 1.165) is 16.8 Å². The van der Waals surface area contributed by atoms with Crippen LogP contribution < -0.4 is 15.4 Å². The van der Waals surface area contributed by atoms with E-state index in [-0.39, 0.29) is 35.7 Å². The molecule has 2 aliphatic rings. The number of rotatable bonds is 5. The van der Waals surface area contributed by atoms with Gasteiger partial charge in [0.05, 0.1) is 10.6 Å². The third-order valence-electron chi connectivity index (χ3n) is 6.77. The summed E-state index contributed by atoms with van der Waals surface area (Å²) in [5, 5.41) is 5.79. The fourth-order valence-electron chi connectivity index (χ4n) is 4.45. The van der Waals surface area contributed by atoms with Crippen molar-refractivity contribution in [3.63, 3.8) is 0 Å². The summed E-state index contributed by atoms with van der Waals surface area (Å²) in [6, 6.07) is 8.92. The summed E-state index contributed by atoms with van der Waals surface area (Å²) in [5.74, 6) is -0.199. The van der Waals surface area contributed by atoms with Crippen LogP contribution in [0.2, 0.25) is 0 Å². The van der Waals surface area contributed by atoms with Gasteiger partial charge in [0.1, 0.15) is 5.75 Å². The number of fused-ring (bicyclic) bond motifs is 1. The molecular weight excluding hydrogens is 454 g/mol. The third-order valence-corrected chi connectivity index (χ3v) is 8.81. The molecule has 34 heavy (non-hydrogen) atoms. The van der Waals surface area contributed by atoms with Gasteiger partial charge in [-0.15, -0.1) is 0 Å². The van der Waals surface area contributed by atoms with Crippen LogP contribution in [0, 0.1) is 26.7 Å². The molecule has 0 aromatic heterocycles. The molecule has 2 N–H and O–H groups in total. The molecule has 2 aromatic carbocycles. The van der Waals surface area contributed by atoms with Gasteiger partial charge >= 0.3 is 0 Å². The number of sulfonamides is 1. The molecule has 182 valence electrons. The van der Waals surface area contributed by atoms with E-state index in [1.54, 1.807) is 13.0 Å². The average molecular weight is 486 g/mol. The highest BCUT2D eigenvalue weighted by atomic mass is 32.2. The Balaban J connectivity index is 1.46. The number of aryl methyl sites for hydroxylation is 2. The second kappa shape index (κ2) is 9.38. The van der Waals surface area contributed by atoms with E-state index in [0.29, 0.717) is 36.3 Å². The smallest absolute Gasteiger partial charge is 0.265 e. The normalized spacial score (nSPS) is 19.2. The minimum atomic E-state index is -3.78. The number of hydrogen-bond acceptors (Lipinski definition) is 5. The Labute approximate surface area is 200 Å². The zero-order chi connectivity index (χ0) is 24.6. The second-order valence-electron chi connectivity index (χ2n) is 9.03. The number of piperidine rings is 1. The molecule has 9 heteroatoms. The Bertz CT molecular complexity index is 1230. The summed E-state index contributed by atoms with van der Waals surface area (Å²) in [6.07, 6.45) is 0.741. The van der Waals surface area contributed by atoms with Crippen LogP contribution in [-0.4, -0.2) is 43.7 Å². The summed E-state index contributed by atoms with van der Waals surface area (Å²) in [5.41, 5.74) is 3.94. The molecule has 2 aliphatic heterocycles. The topological polar surface area (TPSA) is 105 Å². The van der Waals surface area contributed by atoms with Gasteiger partial charge in [-0.1, -0.05) is 19.1 Å². The lowest BCUT2D eigenvalue weighted by molar-refractivity contribution is -0.123. The molecule has 2 aromatic rings. The van der Waals surface area contributed by atoms with Crippen LogP contribution in [0.5, 0.6) is 5.75 Å². The molecule has 0 saturated carbocycles. The maximum absolute atomic E-state index is 13.4. The monoisotopic (exact) mass is 485 g/mol. The Morgan fingerprint density at radius 3 is 2.53 bits per heavy atom. The largest absolute Gasteiger partial charge is 0.478 e. The summed E-state index contributed by atoms with van der Waals surface area (Å²) in [7, 11) is -3.78. The second-order valence-corrected chi connectivity index (χ2v) is 10.9. The fourth-order valence-corrected chi connectivity index (χ4v) is 6.14. The van der Waals surface area contributed by atoms with Crippen LogP contribution in [-0.2, 0) is 19.6 Å². The van der Waals surface area contributed by atoms with E-state index in [1.165, 1.54) is 10.4 Å². The quantitative estimate of drug-likeness (QED) is 0.671. The van der Waals surface area contributed by atoms with Gasteiger partial charge in [-0.05, 0) is 68.9 Å². The van der Waals surface area contributed by atoms with Gasteiger partial charge in [0, 0.05) is 30.8 Å². The zero-order valence-electron chi connectivity index (χ0n) is 20.0. The highest BCUT2D eigenvalue weighted by Crippen LogP contribution is 2.36. The summed E-state index contributed by atoms with van der Waals surface area (Å²) < 4.78 is 34.1. The molecular formula is C25H31N3O5S. The van der Waals surface area contributed by atoms with Crippen LogP contribution in [0.25, 0.3) is 0 Å². The maximum atomic E-state index is 13.4. The van der Waals surface area contributed by atoms with Gasteiger partial charge in [0.2, 0.25) is 15.9 Å². The molecule has 0 bridgehead atoms. The predicted molar refractivity (Wildman–Crippen MR) is 131 cm³/mol. The number of nitrogens with zero attached hydrogens (tertiary/aromatic N) is 1. The molecule has 4 rings (SSSR count). The molecule has 1 fully saturated rings. The van der Waals surface area contributed by atoms with Crippen molar-refractivity contribution in [3.05, 3.63) is 47.0 Å². The Kier molecular flexibility index (Phi) is 6.69. The molecule has 1 saturated heterocycles. The van der Waals surface area contributed by atoms with Gasteiger partial charge in [0.15, 0.2) is 6.10 Å². The molecule has 0 aliphatic carbocycles.